The fourth-order valence-corrected chi connectivity index (χ4v) is 2.01. The van der Waals surface area contributed by atoms with Crippen LogP contribution >= 0.6 is 15.9 Å². The zero-order valence-electron chi connectivity index (χ0n) is 9.38. The second-order valence-corrected chi connectivity index (χ2v) is 4.62. The number of hydrogen-bond acceptors (Lipinski definition) is 3. The van der Waals surface area contributed by atoms with Gasteiger partial charge in [-0.2, -0.15) is 0 Å². The maximum Gasteiger partial charge on any atom is 0.144 e. The van der Waals surface area contributed by atoms with E-state index in [1.54, 1.807) is 18.6 Å². The molecule has 2 aromatic heterocycles. The van der Waals surface area contributed by atoms with Crippen LogP contribution in [0.4, 0.5) is 0 Å². The molecule has 0 radical (unpaired) electrons. The van der Waals surface area contributed by atoms with Gasteiger partial charge in [0.2, 0.25) is 0 Å². The van der Waals surface area contributed by atoms with Crippen molar-refractivity contribution in [3.05, 3.63) is 59.5 Å². The maximum absolute atomic E-state index is 5.79. The van der Waals surface area contributed by atoms with Crippen molar-refractivity contribution in [3.8, 4) is 11.5 Å². The first-order chi connectivity index (χ1) is 8.83. The Balaban J connectivity index is 1.98. The molecule has 0 saturated carbocycles. The molecule has 0 N–H and O–H groups in total. The first-order valence-corrected chi connectivity index (χ1v) is 6.24. The summed E-state index contributed by atoms with van der Waals surface area (Å²) in [5, 5.41) is 1.10. The molecule has 2 heterocycles. The molecule has 0 bridgehead atoms. The number of hydrogen-bond donors (Lipinski definition) is 0. The second kappa shape index (κ2) is 4.74. The Labute approximate surface area is 113 Å². The monoisotopic (exact) mass is 300 g/mol. The number of fused-ring (bicyclic) bond motifs is 1. The average molecular weight is 301 g/mol. The molecule has 4 heteroatoms. The number of rotatable bonds is 2. The van der Waals surface area contributed by atoms with Gasteiger partial charge in [0.1, 0.15) is 11.5 Å². The minimum atomic E-state index is 0.736. The van der Waals surface area contributed by atoms with Crippen LogP contribution in [0.25, 0.3) is 10.9 Å². The lowest BCUT2D eigenvalue weighted by molar-refractivity contribution is 0.479. The number of pyridine rings is 2. The highest BCUT2D eigenvalue weighted by molar-refractivity contribution is 9.10. The Morgan fingerprint density at radius 3 is 2.89 bits per heavy atom. The van der Waals surface area contributed by atoms with Gasteiger partial charge in [0.05, 0.1) is 9.99 Å². The van der Waals surface area contributed by atoms with Crippen molar-refractivity contribution in [1.29, 1.82) is 0 Å². The highest BCUT2D eigenvalue weighted by Gasteiger charge is 2.03. The first-order valence-electron chi connectivity index (χ1n) is 5.45. The third kappa shape index (κ3) is 2.19. The van der Waals surface area contributed by atoms with Gasteiger partial charge in [-0.25, -0.2) is 0 Å². The lowest BCUT2D eigenvalue weighted by Crippen LogP contribution is -1.87. The summed E-state index contributed by atoms with van der Waals surface area (Å²) in [5.41, 5.74) is 0.917. The lowest BCUT2D eigenvalue weighted by Gasteiger charge is -2.07. The standard InChI is InChI=1S/C14H9BrN2O/c15-12-9-16-7-5-14(12)18-11-4-3-10-2-1-6-17-13(10)8-11/h1-9H. The summed E-state index contributed by atoms with van der Waals surface area (Å²) in [6, 6.07) is 11.6. The Hall–Kier alpha value is -1.94. The van der Waals surface area contributed by atoms with Gasteiger partial charge in [0, 0.05) is 36.1 Å². The normalized spacial score (nSPS) is 10.5. The zero-order valence-corrected chi connectivity index (χ0v) is 11.0. The Bertz CT molecular complexity index is 700. The summed E-state index contributed by atoms with van der Waals surface area (Å²) in [4.78, 5) is 8.30. The Morgan fingerprint density at radius 1 is 1.06 bits per heavy atom. The molecule has 0 amide bonds. The molecule has 0 saturated heterocycles. The van der Waals surface area contributed by atoms with Crippen LogP contribution in [0.5, 0.6) is 11.5 Å². The SMILES string of the molecule is Brc1cnccc1Oc1ccc2cccnc2c1. The van der Waals surface area contributed by atoms with Crippen molar-refractivity contribution < 1.29 is 4.74 Å². The van der Waals surface area contributed by atoms with Crippen molar-refractivity contribution >= 4 is 26.8 Å². The summed E-state index contributed by atoms with van der Waals surface area (Å²) < 4.78 is 6.62. The number of benzene rings is 1. The third-order valence-electron chi connectivity index (χ3n) is 2.54. The number of halogens is 1. The van der Waals surface area contributed by atoms with Crippen LogP contribution in [-0.2, 0) is 0 Å². The van der Waals surface area contributed by atoms with Crippen molar-refractivity contribution in [3.63, 3.8) is 0 Å². The number of aromatic nitrogens is 2. The molecule has 18 heavy (non-hydrogen) atoms. The van der Waals surface area contributed by atoms with Crippen molar-refractivity contribution in [2.24, 2.45) is 0 Å². The Kier molecular flexibility index (Phi) is 2.94. The van der Waals surface area contributed by atoms with Crippen LogP contribution in [0, 0.1) is 0 Å². The van der Waals surface area contributed by atoms with Crippen molar-refractivity contribution in [1.82, 2.24) is 9.97 Å². The smallest absolute Gasteiger partial charge is 0.144 e. The largest absolute Gasteiger partial charge is 0.456 e. The lowest BCUT2D eigenvalue weighted by atomic mass is 10.2. The van der Waals surface area contributed by atoms with Crippen LogP contribution in [-0.4, -0.2) is 9.97 Å². The van der Waals surface area contributed by atoms with E-state index in [1.807, 2.05) is 36.4 Å². The van der Waals surface area contributed by atoms with Crippen LogP contribution < -0.4 is 4.74 Å². The van der Waals surface area contributed by atoms with E-state index in [0.717, 1.165) is 26.9 Å². The minimum Gasteiger partial charge on any atom is -0.456 e. The van der Waals surface area contributed by atoms with Gasteiger partial charge >= 0.3 is 0 Å². The molecule has 0 aliphatic carbocycles. The summed E-state index contributed by atoms with van der Waals surface area (Å²) in [6.07, 6.45) is 5.17. The number of nitrogens with zero attached hydrogens (tertiary/aromatic N) is 2. The van der Waals surface area contributed by atoms with E-state index < -0.39 is 0 Å². The predicted molar refractivity (Wildman–Crippen MR) is 73.8 cm³/mol. The highest BCUT2D eigenvalue weighted by atomic mass is 79.9. The van der Waals surface area contributed by atoms with E-state index in [1.165, 1.54) is 0 Å². The molecule has 0 aliphatic heterocycles. The minimum absolute atomic E-state index is 0.736. The van der Waals surface area contributed by atoms with Crippen LogP contribution in [0.1, 0.15) is 0 Å². The van der Waals surface area contributed by atoms with E-state index >= 15 is 0 Å². The van der Waals surface area contributed by atoms with Gasteiger partial charge in [-0.3, -0.25) is 9.97 Å². The van der Waals surface area contributed by atoms with Crippen LogP contribution in [0.3, 0.4) is 0 Å². The summed E-state index contributed by atoms with van der Waals surface area (Å²) in [5.74, 6) is 1.49. The van der Waals surface area contributed by atoms with E-state index in [-0.39, 0.29) is 0 Å². The molecular formula is C14H9BrN2O. The summed E-state index contributed by atoms with van der Waals surface area (Å²) in [7, 11) is 0. The van der Waals surface area contributed by atoms with E-state index in [4.69, 9.17) is 4.74 Å². The quantitative estimate of drug-likeness (QED) is 0.712. The van der Waals surface area contributed by atoms with E-state index in [2.05, 4.69) is 25.9 Å². The molecule has 0 aliphatic rings. The van der Waals surface area contributed by atoms with Crippen molar-refractivity contribution in [2.45, 2.75) is 0 Å². The Morgan fingerprint density at radius 2 is 2.00 bits per heavy atom. The summed E-state index contributed by atoms with van der Waals surface area (Å²) in [6.45, 7) is 0. The number of ether oxygens (including phenoxy) is 1. The fourth-order valence-electron chi connectivity index (χ4n) is 1.68. The van der Waals surface area contributed by atoms with Gasteiger partial charge in [-0.1, -0.05) is 6.07 Å². The second-order valence-electron chi connectivity index (χ2n) is 3.77. The molecule has 1 aromatic carbocycles. The van der Waals surface area contributed by atoms with Gasteiger partial charge in [0.25, 0.3) is 0 Å². The molecule has 0 atom stereocenters. The molecule has 3 aromatic rings. The molecule has 88 valence electrons. The van der Waals surface area contributed by atoms with Gasteiger partial charge < -0.3 is 4.74 Å². The van der Waals surface area contributed by atoms with Gasteiger partial charge in [0.15, 0.2) is 0 Å². The zero-order chi connectivity index (χ0) is 12.4. The molecule has 3 nitrogen and oxygen atoms in total. The summed E-state index contributed by atoms with van der Waals surface area (Å²) >= 11 is 3.40. The first kappa shape index (κ1) is 11.2. The maximum atomic E-state index is 5.79. The van der Waals surface area contributed by atoms with Crippen LogP contribution in [0.15, 0.2) is 59.5 Å². The van der Waals surface area contributed by atoms with Gasteiger partial charge in [-0.15, -0.1) is 0 Å². The molecular weight excluding hydrogens is 292 g/mol. The topological polar surface area (TPSA) is 35.0 Å². The van der Waals surface area contributed by atoms with Crippen molar-refractivity contribution in [2.75, 3.05) is 0 Å². The van der Waals surface area contributed by atoms with Gasteiger partial charge in [-0.05, 0) is 34.1 Å². The molecule has 0 spiro atoms. The van der Waals surface area contributed by atoms with E-state index in [9.17, 15) is 0 Å². The molecule has 0 unspecified atom stereocenters. The average Bonchev–Trinajstić information content (AvgIpc) is 2.41. The highest BCUT2D eigenvalue weighted by Crippen LogP contribution is 2.29. The fraction of sp³-hybridized carbons (Fsp3) is 0. The predicted octanol–water partition coefficient (Wildman–Crippen LogP) is 4.18. The molecule has 0 fully saturated rings. The van der Waals surface area contributed by atoms with Crippen LogP contribution in [0.2, 0.25) is 0 Å². The van der Waals surface area contributed by atoms with E-state index in [0.29, 0.717) is 0 Å². The third-order valence-corrected chi connectivity index (χ3v) is 3.14. The molecule has 3 rings (SSSR count).